The van der Waals surface area contributed by atoms with E-state index in [1.165, 1.54) is 31.5 Å². The van der Waals surface area contributed by atoms with Crippen LogP contribution < -0.4 is 0 Å². The number of allylic oxidation sites excluding steroid dienone is 4. The number of carbonyl (C=O) groups is 1. The Kier molecular flexibility index (Phi) is 12.7. The van der Waals surface area contributed by atoms with Crippen molar-refractivity contribution in [2.24, 2.45) is 5.92 Å². The second-order valence-corrected chi connectivity index (χ2v) is 7.96. The predicted molar refractivity (Wildman–Crippen MR) is 119 cm³/mol. The minimum atomic E-state index is -0.762. The van der Waals surface area contributed by atoms with E-state index in [9.17, 15) is 9.90 Å². The first kappa shape index (κ1) is 26.4. The summed E-state index contributed by atoms with van der Waals surface area (Å²) in [5.74, 6) is -0.876. The van der Waals surface area contributed by atoms with Gasteiger partial charge in [-0.1, -0.05) is 56.9 Å². The number of esters is 1. The Hall–Kier alpha value is -1.65. The SMILES string of the molecule is C=CC=C.CC.CC(C(=O)OC(C)(C)C)C(O)C1=CC=C(CN2CCCC2)C1. The van der Waals surface area contributed by atoms with Crippen molar-refractivity contribution in [2.75, 3.05) is 19.6 Å². The van der Waals surface area contributed by atoms with Gasteiger partial charge in [0.05, 0.1) is 12.0 Å². The van der Waals surface area contributed by atoms with E-state index in [1.54, 1.807) is 19.1 Å². The lowest BCUT2D eigenvalue weighted by Crippen LogP contribution is -2.34. The van der Waals surface area contributed by atoms with Crippen LogP contribution in [-0.4, -0.2) is 47.3 Å². The molecule has 2 rings (SSSR count). The molecule has 1 N–H and O–H groups in total. The van der Waals surface area contributed by atoms with Gasteiger partial charge in [-0.15, -0.1) is 0 Å². The molecule has 4 nitrogen and oxygen atoms in total. The standard InChI is InChI=1S/C18H29NO3.C4H6.C2H6/c1-13(17(21)22-18(2,3)4)16(20)15-8-7-14(11-15)12-19-9-5-6-10-19;1-3-4-2;1-2/h7-8,13,16,20H,5-6,9-12H2,1-4H3;3-4H,1-2H2;1-2H3. The number of likely N-dealkylation sites (tertiary alicyclic amines) is 1. The maximum Gasteiger partial charge on any atom is 0.312 e. The third-order valence-corrected chi connectivity index (χ3v) is 4.39. The summed E-state index contributed by atoms with van der Waals surface area (Å²) in [6.07, 6.45) is 9.92. The minimum Gasteiger partial charge on any atom is -0.460 e. The molecular weight excluding hydrogens is 350 g/mol. The van der Waals surface area contributed by atoms with E-state index in [2.05, 4.69) is 24.1 Å². The van der Waals surface area contributed by atoms with Gasteiger partial charge in [-0.05, 0) is 65.6 Å². The van der Waals surface area contributed by atoms with E-state index in [4.69, 9.17) is 4.74 Å². The van der Waals surface area contributed by atoms with Crippen LogP contribution in [-0.2, 0) is 9.53 Å². The van der Waals surface area contributed by atoms with Crippen LogP contribution in [0.4, 0.5) is 0 Å². The Morgan fingerprint density at radius 2 is 1.75 bits per heavy atom. The summed E-state index contributed by atoms with van der Waals surface area (Å²) in [6.45, 7) is 21.3. The van der Waals surface area contributed by atoms with Crippen molar-refractivity contribution < 1.29 is 14.6 Å². The Morgan fingerprint density at radius 1 is 1.21 bits per heavy atom. The zero-order chi connectivity index (χ0) is 21.7. The van der Waals surface area contributed by atoms with Crippen LogP contribution in [0.2, 0.25) is 0 Å². The Bertz CT molecular complexity index is 543. The molecule has 0 aromatic heterocycles. The molecule has 2 unspecified atom stereocenters. The molecule has 0 saturated carbocycles. The maximum absolute atomic E-state index is 12.1. The number of hydrogen-bond donors (Lipinski definition) is 1. The molecule has 0 spiro atoms. The fraction of sp³-hybridized carbons (Fsp3) is 0.625. The van der Waals surface area contributed by atoms with Crippen molar-refractivity contribution in [1.82, 2.24) is 4.90 Å². The summed E-state index contributed by atoms with van der Waals surface area (Å²) in [6, 6.07) is 0. The summed E-state index contributed by atoms with van der Waals surface area (Å²) >= 11 is 0. The molecule has 1 saturated heterocycles. The normalized spacial score (nSPS) is 18.4. The molecule has 1 heterocycles. The minimum absolute atomic E-state index is 0.339. The first-order chi connectivity index (χ1) is 13.2. The molecule has 1 fully saturated rings. The van der Waals surface area contributed by atoms with Crippen LogP contribution in [0.15, 0.2) is 48.6 Å². The molecular formula is C24H41NO3. The predicted octanol–water partition coefficient (Wildman–Crippen LogP) is 5.06. The van der Waals surface area contributed by atoms with Crippen molar-refractivity contribution in [3.63, 3.8) is 0 Å². The summed E-state index contributed by atoms with van der Waals surface area (Å²) in [7, 11) is 0. The van der Waals surface area contributed by atoms with Crippen LogP contribution in [0.25, 0.3) is 0 Å². The molecule has 1 aliphatic carbocycles. The topological polar surface area (TPSA) is 49.8 Å². The molecule has 0 bridgehead atoms. The first-order valence-electron chi connectivity index (χ1n) is 10.4. The Morgan fingerprint density at radius 3 is 2.21 bits per heavy atom. The van der Waals surface area contributed by atoms with E-state index in [1.807, 2.05) is 40.7 Å². The van der Waals surface area contributed by atoms with Gasteiger partial charge in [-0.25, -0.2) is 0 Å². The summed E-state index contributed by atoms with van der Waals surface area (Å²) < 4.78 is 5.36. The molecule has 2 atom stereocenters. The molecule has 1 aliphatic heterocycles. The van der Waals surface area contributed by atoms with Gasteiger partial charge in [0.15, 0.2) is 0 Å². The quantitative estimate of drug-likeness (QED) is 0.508. The van der Waals surface area contributed by atoms with Gasteiger partial charge in [-0.3, -0.25) is 9.69 Å². The average Bonchev–Trinajstić information content (AvgIpc) is 3.33. The van der Waals surface area contributed by atoms with Gasteiger partial charge in [0.1, 0.15) is 5.60 Å². The van der Waals surface area contributed by atoms with Crippen LogP contribution in [0.5, 0.6) is 0 Å². The third kappa shape index (κ3) is 10.0. The molecule has 0 aromatic rings. The second kappa shape index (κ2) is 13.5. The van der Waals surface area contributed by atoms with Gasteiger partial charge in [0, 0.05) is 6.54 Å². The molecule has 0 amide bonds. The summed E-state index contributed by atoms with van der Waals surface area (Å²) in [4.78, 5) is 14.5. The van der Waals surface area contributed by atoms with Crippen molar-refractivity contribution in [2.45, 2.75) is 72.5 Å². The number of ether oxygens (including phenoxy) is 1. The van der Waals surface area contributed by atoms with Crippen molar-refractivity contribution in [3.05, 3.63) is 48.6 Å². The fourth-order valence-electron chi connectivity index (χ4n) is 2.99. The van der Waals surface area contributed by atoms with Gasteiger partial charge in [-0.2, -0.15) is 0 Å². The lowest BCUT2D eigenvalue weighted by atomic mass is 9.95. The number of carbonyl (C=O) groups excluding carboxylic acids is 1. The molecule has 28 heavy (non-hydrogen) atoms. The van der Waals surface area contributed by atoms with Gasteiger partial charge in [0.2, 0.25) is 0 Å². The third-order valence-electron chi connectivity index (χ3n) is 4.39. The number of hydrogen-bond acceptors (Lipinski definition) is 4. The monoisotopic (exact) mass is 391 g/mol. The van der Waals surface area contributed by atoms with Crippen LogP contribution in [0, 0.1) is 5.92 Å². The highest BCUT2D eigenvalue weighted by Gasteiger charge is 2.30. The van der Waals surface area contributed by atoms with E-state index in [0.717, 1.165) is 18.5 Å². The Labute approximate surface area is 172 Å². The number of aliphatic hydroxyl groups is 1. The highest BCUT2D eigenvalue weighted by Crippen LogP contribution is 2.28. The number of aliphatic hydroxyl groups excluding tert-OH is 1. The summed E-state index contributed by atoms with van der Waals surface area (Å²) in [5, 5.41) is 10.4. The van der Waals surface area contributed by atoms with E-state index in [-0.39, 0.29) is 5.97 Å². The van der Waals surface area contributed by atoms with Crippen molar-refractivity contribution in [1.29, 1.82) is 0 Å². The van der Waals surface area contributed by atoms with E-state index < -0.39 is 17.6 Å². The fourth-order valence-corrected chi connectivity index (χ4v) is 2.99. The molecule has 4 heteroatoms. The smallest absolute Gasteiger partial charge is 0.312 e. The summed E-state index contributed by atoms with van der Waals surface area (Å²) in [5.41, 5.74) is 1.73. The Balaban J connectivity index is 0.00000108. The maximum atomic E-state index is 12.1. The van der Waals surface area contributed by atoms with Gasteiger partial charge in [0.25, 0.3) is 0 Å². The van der Waals surface area contributed by atoms with Crippen molar-refractivity contribution >= 4 is 5.97 Å². The lowest BCUT2D eigenvalue weighted by Gasteiger charge is -2.25. The van der Waals surface area contributed by atoms with E-state index >= 15 is 0 Å². The molecule has 0 radical (unpaired) electrons. The molecule has 160 valence electrons. The largest absolute Gasteiger partial charge is 0.460 e. The lowest BCUT2D eigenvalue weighted by molar-refractivity contribution is -0.162. The van der Waals surface area contributed by atoms with Gasteiger partial charge >= 0.3 is 5.97 Å². The van der Waals surface area contributed by atoms with Gasteiger partial charge < -0.3 is 9.84 Å². The van der Waals surface area contributed by atoms with Crippen LogP contribution >= 0.6 is 0 Å². The second-order valence-electron chi connectivity index (χ2n) is 7.96. The number of nitrogens with zero attached hydrogens (tertiary/aromatic N) is 1. The molecule has 0 aromatic carbocycles. The zero-order valence-corrected chi connectivity index (χ0v) is 18.8. The van der Waals surface area contributed by atoms with Crippen LogP contribution in [0.1, 0.15) is 60.8 Å². The molecule has 2 aliphatic rings. The first-order valence-corrected chi connectivity index (χ1v) is 10.4. The highest BCUT2D eigenvalue weighted by atomic mass is 16.6. The van der Waals surface area contributed by atoms with Crippen LogP contribution in [0.3, 0.4) is 0 Å². The van der Waals surface area contributed by atoms with Crippen molar-refractivity contribution in [3.8, 4) is 0 Å². The average molecular weight is 392 g/mol. The number of rotatable bonds is 6. The van der Waals surface area contributed by atoms with E-state index in [0.29, 0.717) is 0 Å². The highest BCUT2D eigenvalue weighted by molar-refractivity contribution is 5.73. The zero-order valence-electron chi connectivity index (χ0n) is 18.8.